The van der Waals surface area contributed by atoms with Gasteiger partial charge in [-0.15, -0.1) is 0 Å². The third kappa shape index (κ3) is 7.32. The van der Waals surface area contributed by atoms with Crippen LogP contribution in [0.4, 0.5) is 8.78 Å². The molecule has 190 valence electrons. The Morgan fingerprint density at radius 1 is 1.09 bits per heavy atom. The van der Waals surface area contributed by atoms with Crippen LogP contribution in [-0.2, 0) is 6.42 Å². The highest BCUT2D eigenvalue weighted by molar-refractivity contribution is 5.99. The molecule has 3 atom stereocenters. The van der Waals surface area contributed by atoms with Crippen LogP contribution in [0.15, 0.2) is 42.5 Å². The summed E-state index contributed by atoms with van der Waals surface area (Å²) in [6.07, 6.45) is 2.40. The zero-order chi connectivity index (χ0) is 25.4. The molecule has 1 aliphatic heterocycles. The van der Waals surface area contributed by atoms with Crippen molar-refractivity contribution in [3.05, 3.63) is 70.8 Å². The van der Waals surface area contributed by atoms with Gasteiger partial charge in [-0.3, -0.25) is 9.59 Å². The van der Waals surface area contributed by atoms with Gasteiger partial charge in [0.2, 0.25) is 0 Å². The summed E-state index contributed by atoms with van der Waals surface area (Å²) in [5, 5.41) is 17.1. The van der Waals surface area contributed by atoms with E-state index in [1.165, 1.54) is 12.1 Å². The Hall–Kier alpha value is -2.84. The average Bonchev–Trinajstić information content (AvgIpc) is 3.37. The van der Waals surface area contributed by atoms with Crippen molar-refractivity contribution in [1.29, 1.82) is 0 Å². The minimum atomic E-state index is -0.956. The van der Waals surface area contributed by atoms with E-state index >= 15 is 0 Å². The fourth-order valence-electron chi connectivity index (χ4n) is 4.61. The molecular formula is C27H35F2N3O3. The first kappa shape index (κ1) is 26.8. The molecule has 0 bridgehead atoms. The van der Waals surface area contributed by atoms with Crippen LogP contribution >= 0.6 is 0 Å². The number of carbonyl (C=O) groups excluding carboxylic acids is 2. The van der Waals surface area contributed by atoms with Gasteiger partial charge in [-0.2, -0.15) is 0 Å². The number of aliphatic hydroxyl groups excluding tert-OH is 1. The topological polar surface area (TPSA) is 81.7 Å². The lowest BCUT2D eigenvalue weighted by molar-refractivity contribution is 0.0737. The number of carbonyl (C=O) groups is 2. The van der Waals surface area contributed by atoms with Gasteiger partial charge in [-0.25, -0.2) is 8.78 Å². The SMILES string of the molecule is CCCN(CCC)C(=O)c1cccc(C(=O)N[C@@H](Cc2cc(F)cc(F)c2)[C@H](O)[C@H]2CCCN2)c1. The van der Waals surface area contributed by atoms with Crippen LogP contribution in [-0.4, -0.2) is 59.6 Å². The molecular weight excluding hydrogens is 452 g/mol. The fourth-order valence-corrected chi connectivity index (χ4v) is 4.61. The number of halogens is 2. The van der Waals surface area contributed by atoms with E-state index in [4.69, 9.17) is 0 Å². The van der Waals surface area contributed by atoms with Gasteiger partial charge >= 0.3 is 0 Å². The summed E-state index contributed by atoms with van der Waals surface area (Å²) in [5.74, 6) is -2.02. The largest absolute Gasteiger partial charge is 0.389 e. The summed E-state index contributed by atoms with van der Waals surface area (Å²) in [5.41, 5.74) is 1.04. The lowest BCUT2D eigenvalue weighted by atomic mass is 9.95. The van der Waals surface area contributed by atoms with Gasteiger partial charge in [-0.1, -0.05) is 19.9 Å². The van der Waals surface area contributed by atoms with Gasteiger partial charge in [0, 0.05) is 36.3 Å². The Labute approximate surface area is 205 Å². The molecule has 2 aromatic carbocycles. The molecule has 0 spiro atoms. The van der Waals surface area contributed by atoms with Gasteiger partial charge in [0.1, 0.15) is 11.6 Å². The first-order chi connectivity index (χ1) is 16.8. The van der Waals surface area contributed by atoms with Crippen molar-refractivity contribution in [2.75, 3.05) is 19.6 Å². The molecule has 1 heterocycles. The van der Waals surface area contributed by atoms with Gasteiger partial charge < -0.3 is 20.6 Å². The van der Waals surface area contributed by atoms with Gasteiger partial charge in [0.15, 0.2) is 0 Å². The molecule has 1 aliphatic rings. The van der Waals surface area contributed by atoms with E-state index in [2.05, 4.69) is 10.6 Å². The predicted octanol–water partition coefficient (Wildman–Crippen LogP) is 3.68. The van der Waals surface area contributed by atoms with Crippen LogP contribution in [0.2, 0.25) is 0 Å². The van der Waals surface area contributed by atoms with E-state index in [-0.39, 0.29) is 23.9 Å². The van der Waals surface area contributed by atoms with Crippen molar-refractivity contribution in [2.45, 2.75) is 64.1 Å². The lowest BCUT2D eigenvalue weighted by Crippen LogP contribution is -2.52. The fraction of sp³-hybridized carbons (Fsp3) is 0.481. The van der Waals surface area contributed by atoms with E-state index in [1.54, 1.807) is 29.2 Å². The first-order valence-corrected chi connectivity index (χ1v) is 12.4. The monoisotopic (exact) mass is 487 g/mol. The quantitative estimate of drug-likeness (QED) is 0.452. The zero-order valence-electron chi connectivity index (χ0n) is 20.4. The minimum absolute atomic E-state index is 0.0547. The molecule has 8 heteroatoms. The van der Waals surface area contributed by atoms with E-state index < -0.39 is 29.7 Å². The first-order valence-electron chi connectivity index (χ1n) is 12.4. The molecule has 1 fully saturated rings. The van der Waals surface area contributed by atoms with E-state index in [9.17, 15) is 23.5 Å². The lowest BCUT2D eigenvalue weighted by Gasteiger charge is -2.29. The Balaban J connectivity index is 1.81. The highest BCUT2D eigenvalue weighted by atomic mass is 19.1. The summed E-state index contributed by atoms with van der Waals surface area (Å²) >= 11 is 0. The Morgan fingerprint density at radius 2 is 1.74 bits per heavy atom. The van der Waals surface area contributed by atoms with E-state index in [1.807, 2.05) is 13.8 Å². The summed E-state index contributed by atoms with van der Waals surface area (Å²) in [6.45, 7) is 6.04. The van der Waals surface area contributed by atoms with E-state index in [0.29, 0.717) is 24.2 Å². The second-order valence-corrected chi connectivity index (χ2v) is 9.13. The predicted molar refractivity (Wildman–Crippen MR) is 131 cm³/mol. The zero-order valence-corrected chi connectivity index (χ0v) is 20.4. The molecule has 2 amide bonds. The van der Waals surface area contributed by atoms with Crippen molar-refractivity contribution in [3.8, 4) is 0 Å². The molecule has 0 aromatic heterocycles. The third-order valence-electron chi connectivity index (χ3n) is 6.26. The normalized spacial score (nSPS) is 17.1. The van der Waals surface area contributed by atoms with Crippen LogP contribution in [0.3, 0.4) is 0 Å². The highest BCUT2D eigenvalue weighted by Gasteiger charge is 2.31. The standard InChI is InChI=1S/C27H35F2N3O3/c1-3-11-32(12-4-2)27(35)20-8-5-7-19(16-20)26(34)31-24(25(33)23-9-6-10-30-23)15-18-13-21(28)17-22(29)14-18/h5,7-8,13-14,16-17,23-25,30,33H,3-4,6,9-12,15H2,1-2H3,(H,31,34)/t23-,24+,25-/m1/s1. The number of amides is 2. The molecule has 0 aliphatic carbocycles. The molecule has 35 heavy (non-hydrogen) atoms. The summed E-state index contributed by atoms with van der Waals surface area (Å²) in [6, 6.07) is 8.67. The second-order valence-electron chi connectivity index (χ2n) is 9.13. The summed E-state index contributed by atoms with van der Waals surface area (Å²) in [4.78, 5) is 27.9. The number of hydrogen-bond donors (Lipinski definition) is 3. The maximum absolute atomic E-state index is 13.8. The molecule has 0 unspecified atom stereocenters. The third-order valence-corrected chi connectivity index (χ3v) is 6.26. The Kier molecular flexibility index (Phi) is 9.74. The molecule has 1 saturated heterocycles. The molecule has 0 radical (unpaired) electrons. The maximum Gasteiger partial charge on any atom is 0.253 e. The van der Waals surface area contributed by atoms with Crippen molar-refractivity contribution in [3.63, 3.8) is 0 Å². The smallest absolute Gasteiger partial charge is 0.253 e. The van der Waals surface area contributed by atoms with Crippen LogP contribution in [0.25, 0.3) is 0 Å². The number of rotatable bonds is 11. The molecule has 0 saturated carbocycles. The van der Waals surface area contributed by atoms with Crippen molar-refractivity contribution >= 4 is 11.8 Å². The average molecular weight is 488 g/mol. The van der Waals surface area contributed by atoms with Crippen LogP contribution in [0.5, 0.6) is 0 Å². The van der Waals surface area contributed by atoms with Gasteiger partial charge in [0.25, 0.3) is 11.8 Å². The number of nitrogens with zero attached hydrogens (tertiary/aromatic N) is 1. The molecule has 3 N–H and O–H groups in total. The van der Waals surface area contributed by atoms with Crippen LogP contribution < -0.4 is 10.6 Å². The van der Waals surface area contributed by atoms with Crippen LogP contribution in [0.1, 0.15) is 65.8 Å². The van der Waals surface area contributed by atoms with Gasteiger partial charge in [-0.05, 0) is 74.5 Å². The molecule has 3 rings (SSSR count). The van der Waals surface area contributed by atoms with Crippen LogP contribution in [0, 0.1) is 11.6 Å². The maximum atomic E-state index is 13.8. The van der Waals surface area contributed by atoms with E-state index in [0.717, 1.165) is 38.3 Å². The summed E-state index contributed by atoms with van der Waals surface area (Å²) < 4.78 is 27.5. The number of nitrogens with one attached hydrogen (secondary N) is 2. The Bertz CT molecular complexity index is 985. The summed E-state index contributed by atoms with van der Waals surface area (Å²) in [7, 11) is 0. The van der Waals surface area contributed by atoms with Gasteiger partial charge in [0.05, 0.1) is 12.1 Å². The number of hydrogen-bond acceptors (Lipinski definition) is 4. The second kappa shape index (κ2) is 12.7. The number of benzene rings is 2. The van der Waals surface area contributed by atoms with Crippen molar-refractivity contribution in [2.24, 2.45) is 0 Å². The number of aliphatic hydroxyl groups is 1. The highest BCUT2D eigenvalue weighted by Crippen LogP contribution is 2.18. The molecule has 2 aromatic rings. The van der Waals surface area contributed by atoms with Crippen molar-refractivity contribution in [1.82, 2.24) is 15.5 Å². The minimum Gasteiger partial charge on any atom is -0.389 e. The molecule has 6 nitrogen and oxygen atoms in total. The van der Waals surface area contributed by atoms with Crippen molar-refractivity contribution < 1.29 is 23.5 Å². The Morgan fingerprint density at radius 3 is 2.34 bits per heavy atom.